The van der Waals surface area contributed by atoms with Gasteiger partial charge >= 0.3 is 0 Å². The Bertz CT molecular complexity index is 249. The van der Waals surface area contributed by atoms with Gasteiger partial charge in [-0.15, -0.1) is 12.3 Å². The summed E-state index contributed by atoms with van der Waals surface area (Å²) in [7, 11) is 0. The largest absolute Gasteiger partial charge is 0.352 e. The lowest BCUT2D eigenvalue weighted by molar-refractivity contribution is -0.126. The highest BCUT2D eigenvalue weighted by Crippen LogP contribution is 2.23. The Morgan fingerprint density at radius 1 is 1.53 bits per heavy atom. The fraction of sp³-hybridized carbons (Fsp3) is 0.750. The summed E-state index contributed by atoms with van der Waals surface area (Å²) < 4.78 is 0. The maximum Gasteiger partial charge on any atom is 0.223 e. The summed E-state index contributed by atoms with van der Waals surface area (Å²) in [5, 5.41) is 2.94. The van der Waals surface area contributed by atoms with Crippen molar-refractivity contribution in [1.82, 2.24) is 5.32 Å². The lowest BCUT2D eigenvalue weighted by Crippen LogP contribution is -2.40. The summed E-state index contributed by atoms with van der Waals surface area (Å²) in [4.78, 5) is 11.8. The van der Waals surface area contributed by atoms with E-state index in [0.29, 0.717) is 6.42 Å². The Labute approximate surface area is 91.8 Å². The van der Waals surface area contributed by atoms with E-state index < -0.39 is 0 Å². The van der Waals surface area contributed by atoms with Crippen LogP contribution in [0.4, 0.5) is 0 Å². The van der Waals surface area contributed by atoms with Crippen molar-refractivity contribution in [3.05, 3.63) is 0 Å². The molecular formula is C12H20N2O. The Morgan fingerprint density at radius 3 is 2.67 bits per heavy atom. The number of rotatable bonds is 3. The summed E-state index contributed by atoms with van der Waals surface area (Å²) in [6.45, 7) is 1.94. The molecule has 1 rings (SSSR count). The van der Waals surface area contributed by atoms with E-state index in [-0.39, 0.29) is 23.9 Å². The number of carbonyl (C=O) groups excluding carboxylic acids is 1. The smallest absolute Gasteiger partial charge is 0.223 e. The standard InChI is InChI=1S/C12H20N2O/c1-3-4-9(2)14-12(15)10-5-7-11(13)8-6-10/h1,9-11H,4-8,13H2,2H3,(H,14,15). The molecule has 0 bridgehead atoms. The lowest BCUT2D eigenvalue weighted by Gasteiger charge is -2.26. The van der Waals surface area contributed by atoms with Crippen molar-refractivity contribution in [2.45, 2.75) is 51.1 Å². The van der Waals surface area contributed by atoms with Crippen molar-refractivity contribution in [3.8, 4) is 12.3 Å². The minimum atomic E-state index is 0.0816. The predicted octanol–water partition coefficient (Wildman–Crippen LogP) is 1.03. The van der Waals surface area contributed by atoms with Gasteiger partial charge in [-0.25, -0.2) is 0 Å². The number of amides is 1. The molecule has 0 saturated heterocycles. The van der Waals surface area contributed by atoms with E-state index >= 15 is 0 Å². The second kappa shape index (κ2) is 5.77. The van der Waals surface area contributed by atoms with E-state index in [2.05, 4.69) is 11.2 Å². The van der Waals surface area contributed by atoms with Crippen molar-refractivity contribution in [2.75, 3.05) is 0 Å². The van der Waals surface area contributed by atoms with Gasteiger partial charge in [-0.2, -0.15) is 0 Å². The molecule has 1 atom stereocenters. The third-order valence-corrected chi connectivity index (χ3v) is 2.96. The SMILES string of the molecule is C#CCC(C)NC(=O)C1CCC(N)CC1. The van der Waals surface area contributed by atoms with Crippen LogP contribution in [0.1, 0.15) is 39.0 Å². The molecule has 3 nitrogen and oxygen atoms in total. The number of terminal acetylenes is 1. The molecular weight excluding hydrogens is 188 g/mol. The monoisotopic (exact) mass is 208 g/mol. The first-order chi connectivity index (χ1) is 7.13. The molecule has 1 unspecified atom stereocenters. The van der Waals surface area contributed by atoms with E-state index in [4.69, 9.17) is 12.2 Å². The Balaban J connectivity index is 2.31. The van der Waals surface area contributed by atoms with Gasteiger partial charge in [-0.3, -0.25) is 4.79 Å². The van der Waals surface area contributed by atoms with E-state index in [0.717, 1.165) is 25.7 Å². The summed E-state index contributed by atoms with van der Waals surface area (Å²) in [5.41, 5.74) is 5.79. The number of nitrogens with one attached hydrogen (secondary N) is 1. The van der Waals surface area contributed by atoms with Crippen LogP contribution in [0.25, 0.3) is 0 Å². The van der Waals surface area contributed by atoms with Crippen LogP contribution in [-0.4, -0.2) is 18.0 Å². The third-order valence-electron chi connectivity index (χ3n) is 2.96. The van der Waals surface area contributed by atoms with Crippen LogP contribution in [0.15, 0.2) is 0 Å². The number of nitrogens with two attached hydrogens (primary N) is 1. The van der Waals surface area contributed by atoms with Gasteiger partial charge in [-0.1, -0.05) is 0 Å². The molecule has 84 valence electrons. The average molecular weight is 208 g/mol. The first-order valence-corrected chi connectivity index (χ1v) is 5.63. The molecule has 0 aromatic rings. The van der Waals surface area contributed by atoms with Gasteiger partial charge < -0.3 is 11.1 Å². The molecule has 1 saturated carbocycles. The number of hydrogen-bond acceptors (Lipinski definition) is 2. The van der Waals surface area contributed by atoms with Gasteiger partial charge in [0.2, 0.25) is 5.91 Å². The molecule has 3 heteroatoms. The molecule has 3 N–H and O–H groups in total. The third kappa shape index (κ3) is 3.93. The highest BCUT2D eigenvalue weighted by molar-refractivity contribution is 5.79. The van der Waals surface area contributed by atoms with Crippen LogP contribution in [-0.2, 0) is 4.79 Å². The van der Waals surface area contributed by atoms with Gasteiger partial charge in [0.15, 0.2) is 0 Å². The van der Waals surface area contributed by atoms with Crippen LogP contribution in [0.3, 0.4) is 0 Å². The highest BCUT2D eigenvalue weighted by Gasteiger charge is 2.24. The summed E-state index contributed by atoms with van der Waals surface area (Å²) in [6.07, 6.45) is 9.52. The Kier molecular flexibility index (Phi) is 4.64. The van der Waals surface area contributed by atoms with Crippen molar-refractivity contribution < 1.29 is 4.79 Å². The minimum Gasteiger partial charge on any atom is -0.352 e. The van der Waals surface area contributed by atoms with Crippen LogP contribution in [0, 0.1) is 18.3 Å². The lowest BCUT2D eigenvalue weighted by atomic mass is 9.86. The fourth-order valence-corrected chi connectivity index (χ4v) is 1.97. The van der Waals surface area contributed by atoms with E-state index in [1.54, 1.807) is 0 Å². The minimum absolute atomic E-state index is 0.0816. The van der Waals surface area contributed by atoms with Crippen LogP contribution < -0.4 is 11.1 Å². The molecule has 0 radical (unpaired) electrons. The van der Waals surface area contributed by atoms with Gasteiger partial charge in [-0.05, 0) is 32.6 Å². The van der Waals surface area contributed by atoms with Gasteiger partial charge in [0.25, 0.3) is 0 Å². The van der Waals surface area contributed by atoms with Crippen molar-refractivity contribution in [3.63, 3.8) is 0 Å². The van der Waals surface area contributed by atoms with Crippen molar-refractivity contribution in [2.24, 2.45) is 11.7 Å². The first kappa shape index (κ1) is 12.1. The maximum atomic E-state index is 11.8. The van der Waals surface area contributed by atoms with Gasteiger partial charge in [0.1, 0.15) is 0 Å². The van der Waals surface area contributed by atoms with Gasteiger partial charge in [0.05, 0.1) is 0 Å². The molecule has 1 aliphatic carbocycles. The van der Waals surface area contributed by atoms with E-state index in [1.807, 2.05) is 6.92 Å². The van der Waals surface area contributed by atoms with Gasteiger partial charge in [0, 0.05) is 24.4 Å². The fourth-order valence-electron chi connectivity index (χ4n) is 1.97. The second-order valence-corrected chi connectivity index (χ2v) is 4.43. The molecule has 15 heavy (non-hydrogen) atoms. The summed E-state index contributed by atoms with van der Waals surface area (Å²) in [6, 6.07) is 0.371. The molecule has 0 aromatic heterocycles. The first-order valence-electron chi connectivity index (χ1n) is 5.63. The molecule has 1 aliphatic rings. The van der Waals surface area contributed by atoms with Crippen molar-refractivity contribution >= 4 is 5.91 Å². The molecule has 1 fully saturated rings. The molecule has 0 heterocycles. The molecule has 0 aliphatic heterocycles. The van der Waals surface area contributed by atoms with Crippen molar-refractivity contribution in [1.29, 1.82) is 0 Å². The zero-order valence-electron chi connectivity index (χ0n) is 9.33. The van der Waals surface area contributed by atoms with E-state index in [1.165, 1.54) is 0 Å². The zero-order valence-corrected chi connectivity index (χ0v) is 9.33. The summed E-state index contributed by atoms with van der Waals surface area (Å²) >= 11 is 0. The Hall–Kier alpha value is -1.01. The zero-order chi connectivity index (χ0) is 11.3. The van der Waals surface area contributed by atoms with Crippen LogP contribution in [0.2, 0.25) is 0 Å². The summed E-state index contributed by atoms with van der Waals surface area (Å²) in [5.74, 6) is 2.83. The second-order valence-electron chi connectivity index (χ2n) is 4.43. The van der Waals surface area contributed by atoms with Crippen LogP contribution in [0.5, 0.6) is 0 Å². The maximum absolute atomic E-state index is 11.8. The molecule has 0 spiro atoms. The predicted molar refractivity (Wildman–Crippen MR) is 61.0 cm³/mol. The molecule has 0 aromatic carbocycles. The Morgan fingerprint density at radius 2 is 2.13 bits per heavy atom. The highest BCUT2D eigenvalue weighted by atomic mass is 16.1. The quantitative estimate of drug-likeness (QED) is 0.681. The normalized spacial score (nSPS) is 27.8. The topological polar surface area (TPSA) is 55.1 Å². The van der Waals surface area contributed by atoms with Crippen LogP contribution >= 0.6 is 0 Å². The number of hydrogen-bond donors (Lipinski definition) is 2. The molecule has 1 amide bonds. The number of carbonyl (C=O) groups is 1. The van der Waals surface area contributed by atoms with E-state index in [9.17, 15) is 4.79 Å². The average Bonchev–Trinajstić information content (AvgIpc) is 2.18.